The van der Waals surface area contributed by atoms with Gasteiger partial charge in [-0.2, -0.15) is 0 Å². The smallest absolute Gasteiger partial charge is 0.257 e. The predicted molar refractivity (Wildman–Crippen MR) is 76.8 cm³/mol. The molecule has 0 aromatic carbocycles. The predicted octanol–water partition coefficient (Wildman–Crippen LogP) is 1.76. The van der Waals surface area contributed by atoms with Crippen molar-refractivity contribution in [3.8, 4) is 0 Å². The molecule has 0 spiro atoms. The number of hydrogen-bond donors (Lipinski definition) is 1. The van der Waals surface area contributed by atoms with E-state index >= 15 is 0 Å². The average molecular weight is 289 g/mol. The molecule has 6 nitrogen and oxygen atoms in total. The van der Waals surface area contributed by atoms with Crippen LogP contribution in [-0.2, 0) is 0 Å². The van der Waals surface area contributed by atoms with Gasteiger partial charge in [-0.25, -0.2) is 4.98 Å². The SMILES string of the molecule is Cc1noc2ncc(C(=O)N3CCCC(C)C3CO)cc12. The van der Waals surface area contributed by atoms with Gasteiger partial charge in [-0.05, 0) is 31.7 Å². The molecule has 112 valence electrons. The third-order valence-electron chi connectivity index (χ3n) is 4.32. The minimum Gasteiger partial charge on any atom is -0.394 e. The Morgan fingerprint density at radius 3 is 3.14 bits per heavy atom. The summed E-state index contributed by atoms with van der Waals surface area (Å²) in [6.45, 7) is 4.57. The number of pyridine rings is 1. The van der Waals surface area contributed by atoms with E-state index in [0.29, 0.717) is 23.7 Å². The van der Waals surface area contributed by atoms with Gasteiger partial charge in [0.15, 0.2) is 0 Å². The first-order valence-electron chi connectivity index (χ1n) is 7.25. The van der Waals surface area contributed by atoms with E-state index in [-0.39, 0.29) is 18.6 Å². The highest BCUT2D eigenvalue weighted by Crippen LogP contribution is 2.25. The van der Waals surface area contributed by atoms with Gasteiger partial charge in [0.25, 0.3) is 11.6 Å². The first-order valence-corrected chi connectivity index (χ1v) is 7.25. The van der Waals surface area contributed by atoms with Crippen LogP contribution < -0.4 is 0 Å². The van der Waals surface area contributed by atoms with Gasteiger partial charge in [0.1, 0.15) is 0 Å². The second-order valence-electron chi connectivity index (χ2n) is 5.71. The van der Waals surface area contributed by atoms with Crippen LogP contribution in [-0.4, -0.2) is 45.2 Å². The molecule has 0 radical (unpaired) electrons. The highest BCUT2D eigenvalue weighted by atomic mass is 16.5. The van der Waals surface area contributed by atoms with Crippen LogP contribution in [0.3, 0.4) is 0 Å². The Kier molecular flexibility index (Phi) is 3.63. The second-order valence-corrected chi connectivity index (χ2v) is 5.71. The topological polar surface area (TPSA) is 79.5 Å². The number of hydrogen-bond acceptors (Lipinski definition) is 5. The fraction of sp³-hybridized carbons (Fsp3) is 0.533. The molecule has 1 aliphatic rings. The van der Waals surface area contributed by atoms with E-state index in [1.165, 1.54) is 6.20 Å². The summed E-state index contributed by atoms with van der Waals surface area (Å²) in [6.07, 6.45) is 3.52. The molecule has 1 saturated heterocycles. The van der Waals surface area contributed by atoms with Crippen molar-refractivity contribution < 1.29 is 14.4 Å². The molecule has 1 N–H and O–H groups in total. The Balaban J connectivity index is 1.93. The number of aliphatic hydroxyl groups excluding tert-OH is 1. The van der Waals surface area contributed by atoms with Crippen LogP contribution in [0.5, 0.6) is 0 Å². The lowest BCUT2D eigenvalue weighted by Crippen LogP contribution is -2.49. The maximum atomic E-state index is 12.7. The highest BCUT2D eigenvalue weighted by Gasteiger charge is 2.32. The number of rotatable bonds is 2. The summed E-state index contributed by atoms with van der Waals surface area (Å²) in [5.74, 6) is 0.220. The fourth-order valence-corrected chi connectivity index (χ4v) is 3.01. The zero-order valence-corrected chi connectivity index (χ0v) is 12.2. The molecule has 21 heavy (non-hydrogen) atoms. The Hall–Kier alpha value is -1.95. The Morgan fingerprint density at radius 1 is 1.57 bits per heavy atom. The zero-order chi connectivity index (χ0) is 15.0. The number of likely N-dealkylation sites (tertiary alicyclic amines) is 1. The van der Waals surface area contributed by atoms with Crippen molar-refractivity contribution in [2.24, 2.45) is 5.92 Å². The van der Waals surface area contributed by atoms with Gasteiger partial charge in [-0.15, -0.1) is 0 Å². The van der Waals surface area contributed by atoms with Gasteiger partial charge >= 0.3 is 0 Å². The Labute approximate surface area is 122 Å². The normalized spacial score (nSPS) is 22.7. The van der Waals surface area contributed by atoms with Crippen molar-refractivity contribution >= 4 is 17.0 Å². The number of carbonyl (C=O) groups excluding carboxylic acids is 1. The summed E-state index contributed by atoms with van der Waals surface area (Å²) in [4.78, 5) is 18.6. The molecule has 2 unspecified atom stereocenters. The molecule has 3 rings (SSSR count). The molecule has 1 aliphatic heterocycles. The van der Waals surface area contributed by atoms with Crippen molar-refractivity contribution in [1.29, 1.82) is 0 Å². The average Bonchev–Trinajstić information content (AvgIpc) is 2.87. The van der Waals surface area contributed by atoms with E-state index < -0.39 is 0 Å². The van der Waals surface area contributed by atoms with E-state index in [4.69, 9.17) is 4.52 Å². The first-order chi connectivity index (χ1) is 10.1. The summed E-state index contributed by atoms with van der Waals surface area (Å²) >= 11 is 0. The van der Waals surface area contributed by atoms with Crippen molar-refractivity contribution in [2.75, 3.05) is 13.2 Å². The number of piperidine rings is 1. The molecule has 2 atom stereocenters. The minimum absolute atomic E-state index is 0.00509. The molecule has 2 aromatic heterocycles. The highest BCUT2D eigenvalue weighted by molar-refractivity contribution is 5.97. The quantitative estimate of drug-likeness (QED) is 0.911. The van der Waals surface area contributed by atoms with E-state index in [1.54, 1.807) is 11.0 Å². The monoisotopic (exact) mass is 289 g/mol. The zero-order valence-electron chi connectivity index (χ0n) is 12.2. The van der Waals surface area contributed by atoms with Crippen LogP contribution in [0.1, 0.15) is 35.8 Å². The van der Waals surface area contributed by atoms with E-state index in [0.717, 1.165) is 23.9 Å². The van der Waals surface area contributed by atoms with Crippen LogP contribution in [0, 0.1) is 12.8 Å². The van der Waals surface area contributed by atoms with Gasteiger partial charge < -0.3 is 14.5 Å². The van der Waals surface area contributed by atoms with Gasteiger partial charge in [0, 0.05) is 12.7 Å². The van der Waals surface area contributed by atoms with Gasteiger partial charge in [0.2, 0.25) is 0 Å². The number of aromatic nitrogens is 2. The number of amides is 1. The largest absolute Gasteiger partial charge is 0.394 e. The standard InChI is InChI=1S/C15H19N3O3/c1-9-4-3-5-18(13(9)8-19)15(20)11-6-12-10(2)17-21-14(12)16-7-11/h6-7,9,13,19H,3-5,8H2,1-2H3. The third-order valence-corrected chi connectivity index (χ3v) is 4.32. The van der Waals surface area contributed by atoms with Crippen molar-refractivity contribution in [2.45, 2.75) is 32.7 Å². The lowest BCUT2D eigenvalue weighted by atomic mass is 9.91. The van der Waals surface area contributed by atoms with E-state index in [9.17, 15) is 9.90 Å². The number of aliphatic hydroxyl groups is 1. The maximum absolute atomic E-state index is 12.7. The minimum atomic E-state index is -0.120. The molecule has 3 heterocycles. The van der Waals surface area contributed by atoms with Crippen molar-refractivity contribution in [3.63, 3.8) is 0 Å². The van der Waals surface area contributed by atoms with Crippen molar-refractivity contribution in [3.05, 3.63) is 23.5 Å². The molecule has 2 aromatic rings. The molecular formula is C15H19N3O3. The van der Waals surface area contributed by atoms with Crippen LogP contribution in [0.4, 0.5) is 0 Å². The lowest BCUT2D eigenvalue weighted by molar-refractivity contribution is 0.0358. The van der Waals surface area contributed by atoms with Crippen LogP contribution in [0.25, 0.3) is 11.1 Å². The van der Waals surface area contributed by atoms with Crippen molar-refractivity contribution in [1.82, 2.24) is 15.0 Å². The van der Waals surface area contributed by atoms with Gasteiger partial charge in [0.05, 0.1) is 29.3 Å². The van der Waals surface area contributed by atoms with Crippen LogP contribution in [0.15, 0.2) is 16.8 Å². The van der Waals surface area contributed by atoms with E-state index in [2.05, 4.69) is 17.1 Å². The number of fused-ring (bicyclic) bond motifs is 1. The molecular weight excluding hydrogens is 270 g/mol. The second kappa shape index (κ2) is 5.44. The summed E-state index contributed by atoms with van der Waals surface area (Å²) in [5.41, 5.74) is 1.67. The molecule has 0 aliphatic carbocycles. The molecule has 0 saturated carbocycles. The molecule has 6 heteroatoms. The first kappa shape index (κ1) is 14.0. The molecule has 1 fully saturated rings. The summed E-state index contributed by atoms with van der Waals surface area (Å²) in [6, 6.07) is 1.65. The van der Waals surface area contributed by atoms with Crippen LogP contribution in [0.2, 0.25) is 0 Å². The lowest BCUT2D eigenvalue weighted by Gasteiger charge is -2.39. The van der Waals surface area contributed by atoms with Gasteiger partial charge in [-0.1, -0.05) is 12.1 Å². The summed E-state index contributed by atoms with van der Waals surface area (Å²) < 4.78 is 5.06. The maximum Gasteiger partial charge on any atom is 0.257 e. The number of carbonyl (C=O) groups is 1. The summed E-state index contributed by atoms with van der Waals surface area (Å²) in [5, 5.41) is 14.2. The Morgan fingerprint density at radius 2 is 2.38 bits per heavy atom. The molecule has 0 bridgehead atoms. The van der Waals surface area contributed by atoms with Crippen LogP contribution >= 0.6 is 0 Å². The number of aryl methyl sites for hydroxylation is 1. The molecule has 1 amide bonds. The third kappa shape index (κ3) is 2.40. The summed E-state index contributed by atoms with van der Waals surface area (Å²) in [7, 11) is 0. The Bertz CT molecular complexity index is 667. The van der Waals surface area contributed by atoms with E-state index in [1.807, 2.05) is 6.92 Å². The number of nitrogens with zero attached hydrogens (tertiary/aromatic N) is 3. The van der Waals surface area contributed by atoms with Gasteiger partial charge in [-0.3, -0.25) is 4.79 Å². The fourth-order valence-electron chi connectivity index (χ4n) is 3.01.